The second-order valence-electron chi connectivity index (χ2n) is 4.51. The Kier molecular flexibility index (Phi) is 3.34. The van der Waals surface area contributed by atoms with Gasteiger partial charge < -0.3 is 9.73 Å². The van der Waals surface area contributed by atoms with Crippen LogP contribution >= 0.6 is 11.3 Å². The van der Waals surface area contributed by atoms with Crippen LogP contribution in [0.5, 0.6) is 0 Å². The van der Waals surface area contributed by atoms with Crippen molar-refractivity contribution in [3.05, 3.63) is 51.3 Å². The van der Waals surface area contributed by atoms with Gasteiger partial charge in [0.05, 0.1) is 12.0 Å². The molecule has 3 aromatic rings. The van der Waals surface area contributed by atoms with E-state index in [1.807, 2.05) is 12.3 Å². The molecule has 108 valence electrons. The van der Waals surface area contributed by atoms with Crippen molar-refractivity contribution in [2.45, 2.75) is 20.3 Å². The summed E-state index contributed by atoms with van der Waals surface area (Å²) in [5.74, 6) is -0.310. The van der Waals surface area contributed by atoms with Crippen molar-refractivity contribution in [1.29, 1.82) is 0 Å². The van der Waals surface area contributed by atoms with Crippen LogP contribution in [0.3, 0.4) is 0 Å². The number of fused-ring (bicyclic) bond motifs is 1. The number of aromatic nitrogens is 2. The minimum Gasteiger partial charge on any atom is -0.459 e. The molecule has 0 saturated heterocycles. The van der Waals surface area contributed by atoms with E-state index in [0.29, 0.717) is 10.7 Å². The third kappa shape index (κ3) is 2.25. The predicted molar refractivity (Wildman–Crippen MR) is 80.1 cm³/mol. The van der Waals surface area contributed by atoms with Crippen LogP contribution in [0.1, 0.15) is 28.9 Å². The van der Waals surface area contributed by atoms with Crippen molar-refractivity contribution in [3.63, 3.8) is 0 Å². The van der Waals surface area contributed by atoms with E-state index in [4.69, 9.17) is 4.42 Å². The highest BCUT2D eigenvalue weighted by Crippen LogP contribution is 2.17. The number of carbonyl (C=O) groups excluding carboxylic acids is 1. The molecular formula is C14H13N3O3S. The van der Waals surface area contributed by atoms with Crippen molar-refractivity contribution in [1.82, 2.24) is 9.38 Å². The summed E-state index contributed by atoms with van der Waals surface area (Å²) in [7, 11) is 0. The molecule has 0 aromatic carbocycles. The zero-order chi connectivity index (χ0) is 15.0. The van der Waals surface area contributed by atoms with Crippen LogP contribution in [0, 0.1) is 6.92 Å². The van der Waals surface area contributed by atoms with Gasteiger partial charge in [-0.15, -0.1) is 11.3 Å². The second kappa shape index (κ2) is 5.17. The molecule has 3 heterocycles. The van der Waals surface area contributed by atoms with Gasteiger partial charge in [-0.05, 0) is 25.5 Å². The Labute approximate surface area is 124 Å². The molecule has 7 heteroatoms. The summed E-state index contributed by atoms with van der Waals surface area (Å²) in [6, 6.07) is 3.15. The molecule has 0 bridgehead atoms. The summed E-state index contributed by atoms with van der Waals surface area (Å²) in [5, 5.41) is 4.49. The Morgan fingerprint density at radius 1 is 1.52 bits per heavy atom. The normalized spacial score (nSPS) is 11.0. The largest absolute Gasteiger partial charge is 0.459 e. The maximum Gasteiger partial charge on any atom is 0.291 e. The fraction of sp³-hybridized carbons (Fsp3) is 0.214. The van der Waals surface area contributed by atoms with Gasteiger partial charge in [-0.3, -0.25) is 14.0 Å². The summed E-state index contributed by atoms with van der Waals surface area (Å²) in [5.41, 5.74) is 1.28. The first-order valence-corrected chi connectivity index (χ1v) is 7.34. The topological polar surface area (TPSA) is 76.6 Å². The van der Waals surface area contributed by atoms with Crippen LogP contribution in [-0.4, -0.2) is 15.3 Å². The number of amides is 1. The lowest BCUT2D eigenvalue weighted by Crippen LogP contribution is -2.25. The molecule has 0 atom stereocenters. The molecule has 0 fully saturated rings. The minimum absolute atomic E-state index is 0.153. The lowest BCUT2D eigenvalue weighted by molar-refractivity contribution is 0.0996. The van der Waals surface area contributed by atoms with Crippen LogP contribution in [0.15, 0.2) is 33.0 Å². The summed E-state index contributed by atoms with van der Waals surface area (Å²) < 4.78 is 6.56. The zero-order valence-electron chi connectivity index (χ0n) is 11.5. The van der Waals surface area contributed by atoms with Gasteiger partial charge in [0.15, 0.2) is 10.7 Å². The summed E-state index contributed by atoms with van der Waals surface area (Å²) in [6.45, 7) is 3.67. The van der Waals surface area contributed by atoms with Gasteiger partial charge in [-0.25, -0.2) is 4.98 Å². The first kappa shape index (κ1) is 13.6. The van der Waals surface area contributed by atoms with E-state index >= 15 is 0 Å². The fourth-order valence-corrected chi connectivity index (χ4v) is 3.09. The number of carbonyl (C=O) groups is 1. The first-order chi connectivity index (χ1) is 10.1. The number of rotatable bonds is 3. The molecule has 0 aliphatic rings. The number of thiazole rings is 1. The van der Waals surface area contributed by atoms with E-state index in [-0.39, 0.29) is 17.0 Å². The van der Waals surface area contributed by atoms with Gasteiger partial charge in [-0.2, -0.15) is 0 Å². The summed E-state index contributed by atoms with van der Waals surface area (Å²) in [6.07, 6.45) is 2.13. The highest BCUT2D eigenvalue weighted by molar-refractivity contribution is 7.15. The predicted octanol–water partition coefficient (Wildman–Crippen LogP) is 2.47. The second-order valence-corrected chi connectivity index (χ2v) is 5.34. The van der Waals surface area contributed by atoms with E-state index in [1.54, 1.807) is 13.0 Å². The number of furan rings is 1. The number of aryl methyl sites for hydroxylation is 2. The Hall–Kier alpha value is -2.41. The molecule has 1 amide bonds. The quantitative estimate of drug-likeness (QED) is 0.806. The molecule has 0 radical (unpaired) electrons. The average Bonchev–Trinajstić information content (AvgIpc) is 3.11. The van der Waals surface area contributed by atoms with Gasteiger partial charge in [-0.1, -0.05) is 6.92 Å². The maximum atomic E-state index is 12.6. The van der Waals surface area contributed by atoms with Gasteiger partial charge in [0.25, 0.3) is 11.5 Å². The first-order valence-electron chi connectivity index (χ1n) is 6.46. The van der Waals surface area contributed by atoms with E-state index in [1.165, 1.54) is 28.1 Å². The fourth-order valence-electron chi connectivity index (χ4n) is 2.08. The van der Waals surface area contributed by atoms with Crippen molar-refractivity contribution in [2.75, 3.05) is 5.32 Å². The van der Waals surface area contributed by atoms with Crippen molar-refractivity contribution in [2.24, 2.45) is 0 Å². The number of nitrogens with one attached hydrogen (secondary N) is 1. The number of hydrogen-bond acceptors (Lipinski definition) is 5. The van der Waals surface area contributed by atoms with E-state index in [0.717, 1.165) is 12.1 Å². The molecule has 6 nitrogen and oxygen atoms in total. The smallest absolute Gasteiger partial charge is 0.291 e. The molecule has 21 heavy (non-hydrogen) atoms. The molecular weight excluding hydrogens is 290 g/mol. The molecule has 1 N–H and O–H groups in total. The molecule has 0 aliphatic carbocycles. The molecule has 3 rings (SSSR count). The number of anilines is 1. The van der Waals surface area contributed by atoms with Gasteiger partial charge in [0.2, 0.25) is 0 Å². The monoisotopic (exact) mass is 303 g/mol. The van der Waals surface area contributed by atoms with Crippen molar-refractivity contribution < 1.29 is 9.21 Å². The molecule has 0 saturated carbocycles. The lowest BCUT2D eigenvalue weighted by atomic mass is 10.3. The van der Waals surface area contributed by atoms with Gasteiger partial charge >= 0.3 is 0 Å². The Morgan fingerprint density at radius 2 is 2.33 bits per heavy atom. The van der Waals surface area contributed by atoms with Gasteiger partial charge in [0.1, 0.15) is 5.69 Å². The highest BCUT2D eigenvalue weighted by atomic mass is 32.1. The standard InChI is InChI=1S/C14H13N3O3S/c1-3-9-7-21-14-15-8(2)11(13(19)17(9)14)16-12(18)10-5-4-6-20-10/h4-7H,3H2,1-2H3,(H,16,18). The highest BCUT2D eigenvalue weighted by Gasteiger charge is 2.17. The average molecular weight is 303 g/mol. The lowest BCUT2D eigenvalue weighted by Gasteiger charge is -2.07. The Bertz CT molecular complexity index is 862. The third-order valence-electron chi connectivity index (χ3n) is 3.17. The SMILES string of the molecule is CCc1csc2nc(C)c(NC(=O)c3ccco3)c(=O)n12. The number of hydrogen-bond donors (Lipinski definition) is 1. The number of nitrogens with zero attached hydrogens (tertiary/aromatic N) is 2. The maximum absolute atomic E-state index is 12.6. The Morgan fingerprint density at radius 3 is 3.00 bits per heavy atom. The van der Waals surface area contributed by atoms with E-state index in [2.05, 4.69) is 10.3 Å². The summed E-state index contributed by atoms with van der Waals surface area (Å²) in [4.78, 5) is 29.6. The van der Waals surface area contributed by atoms with Gasteiger partial charge in [0, 0.05) is 11.1 Å². The van der Waals surface area contributed by atoms with Crippen LogP contribution in [-0.2, 0) is 6.42 Å². The van der Waals surface area contributed by atoms with E-state index in [9.17, 15) is 9.59 Å². The summed E-state index contributed by atoms with van der Waals surface area (Å²) >= 11 is 1.41. The molecule has 3 aromatic heterocycles. The van der Waals surface area contributed by atoms with Crippen LogP contribution in [0.2, 0.25) is 0 Å². The Balaban J connectivity index is 2.10. The molecule has 0 unspecified atom stereocenters. The van der Waals surface area contributed by atoms with Crippen molar-refractivity contribution in [3.8, 4) is 0 Å². The minimum atomic E-state index is -0.463. The zero-order valence-corrected chi connectivity index (χ0v) is 12.4. The molecule has 0 aliphatic heterocycles. The van der Waals surface area contributed by atoms with Crippen LogP contribution in [0.25, 0.3) is 4.96 Å². The van der Waals surface area contributed by atoms with E-state index < -0.39 is 5.91 Å². The van der Waals surface area contributed by atoms with Crippen LogP contribution in [0.4, 0.5) is 5.69 Å². The van der Waals surface area contributed by atoms with Crippen LogP contribution < -0.4 is 10.9 Å². The van der Waals surface area contributed by atoms with Crippen molar-refractivity contribution >= 4 is 27.9 Å². The third-order valence-corrected chi connectivity index (χ3v) is 4.04. The molecule has 0 spiro atoms.